The molecule has 0 aliphatic carbocycles. The predicted molar refractivity (Wildman–Crippen MR) is 72.2 cm³/mol. The van der Waals surface area contributed by atoms with Crippen molar-refractivity contribution in [1.82, 2.24) is 5.32 Å². The van der Waals surface area contributed by atoms with Gasteiger partial charge in [-0.15, -0.1) is 0 Å². The van der Waals surface area contributed by atoms with Gasteiger partial charge in [-0.25, -0.2) is 0 Å². The molecule has 0 saturated heterocycles. The highest BCUT2D eigenvalue weighted by Gasteiger charge is 2.30. The molecule has 0 fully saturated rings. The van der Waals surface area contributed by atoms with E-state index in [9.17, 15) is 13.2 Å². The van der Waals surface area contributed by atoms with Crippen molar-refractivity contribution in [2.24, 2.45) is 0 Å². The second-order valence-electron chi connectivity index (χ2n) is 5.12. The fraction of sp³-hybridized carbons (Fsp3) is 0.600. The van der Waals surface area contributed by atoms with Crippen LogP contribution in [-0.2, 0) is 6.18 Å². The quantitative estimate of drug-likeness (QED) is 0.799. The van der Waals surface area contributed by atoms with Gasteiger partial charge in [0.15, 0.2) is 0 Å². The lowest BCUT2D eigenvalue weighted by molar-refractivity contribution is -0.137. The molecule has 0 spiro atoms. The molecule has 0 aliphatic rings. The third kappa shape index (κ3) is 5.23. The Kier molecular flexibility index (Phi) is 5.85. The molecule has 4 heteroatoms. The summed E-state index contributed by atoms with van der Waals surface area (Å²) >= 11 is 0. The number of hydrogen-bond donors (Lipinski definition) is 1. The smallest absolute Gasteiger partial charge is 0.314 e. The monoisotopic (exact) mass is 273 g/mol. The van der Waals surface area contributed by atoms with Crippen molar-refractivity contribution >= 4 is 0 Å². The lowest BCUT2D eigenvalue weighted by atomic mass is 9.93. The highest BCUT2D eigenvalue weighted by molar-refractivity contribution is 5.28. The van der Waals surface area contributed by atoms with Gasteiger partial charge in [-0.3, -0.25) is 0 Å². The van der Waals surface area contributed by atoms with Gasteiger partial charge in [0.05, 0.1) is 5.56 Å². The molecular formula is C15H22F3N. The van der Waals surface area contributed by atoms with Gasteiger partial charge >= 0.3 is 6.18 Å². The lowest BCUT2D eigenvalue weighted by Gasteiger charge is -2.19. The van der Waals surface area contributed by atoms with Gasteiger partial charge in [0.2, 0.25) is 0 Å². The summed E-state index contributed by atoms with van der Waals surface area (Å²) in [5.74, 6) is 0.113. The van der Waals surface area contributed by atoms with Gasteiger partial charge < -0.3 is 5.32 Å². The second kappa shape index (κ2) is 6.94. The van der Waals surface area contributed by atoms with Gasteiger partial charge in [0.25, 0.3) is 0 Å². The maximum absolute atomic E-state index is 12.6. The molecule has 0 amide bonds. The molecule has 0 heterocycles. The Bertz CT molecular complexity index is 387. The maximum Gasteiger partial charge on any atom is 0.416 e. The standard InChI is InChI=1S/C15H22F3N/c1-4-8-19-12(3)9-11(2)13-6-5-7-14(10-13)15(16,17)18/h5-7,10-12,19H,4,8-9H2,1-3H3. The van der Waals surface area contributed by atoms with E-state index in [1.54, 1.807) is 6.07 Å². The Balaban J connectivity index is 2.69. The summed E-state index contributed by atoms with van der Waals surface area (Å²) in [5, 5.41) is 3.36. The van der Waals surface area contributed by atoms with Crippen LogP contribution in [0, 0.1) is 0 Å². The Morgan fingerprint density at radius 1 is 1.21 bits per heavy atom. The van der Waals surface area contributed by atoms with Crippen LogP contribution < -0.4 is 5.32 Å². The minimum absolute atomic E-state index is 0.113. The van der Waals surface area contributed by atoms with Crippen LogP contribution in [0.15, 0.2) is 24.3 Å². The van der Waals surface area contributed by atoms with Crippen molar-refractivity contribution in [3.05, 3.63) is 35.4 Å². The zero-order valence-electron chi connectivity index (χ0n) is 11.7. The van der Waals surface area contributed by atoms with E-state index in [-0.39, 0.29) is 5.92 Å². The topological polar surface area (TPSA) is 12.0 Å². The average Bonchev–Trinajstić information content (AvgIpc) is 2.35. The van der Waals surface area contributed by atoms with Crippen LogP contribution in [0.4, 0.5) is 13.2 Å². The Hall–Kier alpha value is -1.03. The number of hydrogen-bond acceptors (Lipinski definition) is 1. The second-order valence-corrected chi connectivity index (χ2v) is 5.12. The van der Waals surface area contributed by atoms with E-state index in [0.29, 0.717) is 6.04 Å². The minimum Gasteiger partial charge on any atom is -0.314 e. The highest BCUT2D eigenvalue weighted by Crippen LogP contribution is 2.31. The summed E-state index contributed by atoms with van der Waals surface area (Å²) in [6.45, 7) is 7.08. The van der Waals surface area contributed by atoms with Crippen molar-refractivity contribution in [2.45, 2.75) is 51.7 Å². The van der Waals surface area contributed by atoms with Crippen molar-refractivity contribution in [3.8, 4) is 0 Å². The minimum atomic E-state index is -4.26. The van der Waals surface area contributed by atoms with Crippen molar-refractivity contribution in [3.63, 3.8) is 0 Å². The summed E-state index contributed by atoms with van der Waals surface area (Å²) < 4.78 is 37.9. The first kappa shape index (κ1) is 16.0. The van der Waals surface area contributed by atoms with Crippen molar-refractivity contribution < 1.29 is 13.2 Å². The number of nitrogens with one attached hydrogen (secondary N) is 1. The molecule has 19 heavy (non-hydrogen) atoms. The molecule has 0 aromatic heterocycles. The van der Waals surface area contributed by atoms with Gasteiger partial charge in [-0.2, -0.15) is 13.2 Å². The first-order valence-electron chi connectivity index (χ1n) is 6.75. The molecule has 1 nitrogen and oxygen atoms in total. The van der Waals surface area contributed by atoms with Crippen LogP contribution in [0.25, 0.3) is 0 Å². The molecule has 2 unspecified atom stereocenters. The maximum atomic E-state index is 12.6. The fourth-order valence-corrected chi connectivity index (χ4v) is 2.16. The van der Waals surface area contributed by atoms with Crippen LogP contribution >= 0.6 is 0 Å². The fourth-order valence-electron chi connectivity index (χ4n) is 2.16. The van der Waals surface area contributed by atoms with Gasteiger partial charge in [0, 0.05) is 6.04 Å². The molecule has 1 aromatic rings. The van der Waals surface area contributed by atoms with Gasteiger partial charge in [0.1, 0.15) is 0 Å². The predicted octanol–water partition coefficient (Wildman–Crippen LogP) is 4.59. The molecule has 0 radical (unpaired) electrons. The normalized spacial score (nSPS) is 15.3. The summed E-state index contributed by atoms with van der Waals surface area (Å²) in [4.78, 5) is 0. The Morgan fingerprint density at radius 2 is 1.89 bits per heavy atom. The highest BCUT2D eigenvalue weighted by atomic mass is 19.4. The van der Waals surface area contributed by atoms with Crippen LogP contribution in [-0.4, -0.2) is 12.6 Å². The molecule has 108 valence electrons. The van der Waals surface area contributed by atoms with Crippen molar-refractivity contribution in [1.29, 1.82) is 0 Å². The van der Waals surface area contributed by atoms with Gasteiger partial charge in [-0.05, 0) is 43.9 Å². The first-order chi connectivity index (χ1) is 8.84. The Labute approximate surface area is 113 Å². The molecule has 1 aromatic carbocycles. The van der Waals surface area contributed by atoms with Crippen LogP contribution in [0.2, 0.25) is 0 Å². The third-order valence-corrected chi connectivity index (χ3v) is 3.23. The summed E-state index contributed by atoms with van der Waals surface area (Å²) in [7, 11) is 0. The summed E-state index contributed by atoms with van der Waals surface area (Å²) in [5.41, 5.74) is 0.186. The SMILES string of the molecule is CCCNC(C)CC(C)c1cccc(C(F)(F)F)c1. The molecule has 2 atom stereocenters. The zero-order valence-corrected chi connectivity index (χ0v) is 11.7. The van der Waals surface area contributed by atoms with Crippen LogP contribution in [0.3, 0.4) is 0 Å². The molecule has 0 aliphatic heterocycles. The van der Waals surface area contributed by atoms with E-state index in [0.717, 1.165) is 31.0 Å². The average molecular weight is 273 g/mol. The number of benzene rings is 1. The lowest BCUT2D eigenvalue weighted by Crippen LogP contribution is -2.28. The summed E-state index contributed by atoms with van der Waals surface area (Å²) in [6.07, 6.45) is -2.37. The number of halogens is 3. The molecule has 1 N–H and O–H groups in total. The van der Waals surface area contributed by atoms with Crippen LogP contribution in [0.5, 0.6) is 0 Å². The molecular weight excluding hydrogens is 251 g/mol. The number of alkyl halides is 3. The Morgan fingerprint density at radius 3 is 2.47 bits per heavy atom. The van der Waals surface area contributed by atoms with Crippen LogP contribution in [0.1, 0.15) is 50.7 Å². The first-order valence-corrected chi connectivity index (χ1v) is 6.75. The summed E-state index contributed by atoms with van der Waals surface area (Å²) in [6, 6.07) is 5.95. The molecule has 0 saturated carbocycles. The zero-order chi connectivity index (χ0) is 14.5. The van der Waals surface area contributed by atoms with E-state index < -0.39 is 11.7 Å². The van der Waals surface area contributed by atoms with E-state index in [4.69, 9.17) is 0 Å². The third-order valence-electron chi connectivity index (χ3n) is 3.23. The van der Waals surface area contributed by atoms with E-state index in [2.05, 4.69) is 19.2 Å². The van der Waals surface area contributed by atoms with E-state index in [1.165, 1.54) is 12.1 Å². The number of rotatable bonds is 6. The molecule has 1 rings (SSSR count). The van der Waals surface area contributed by atoms with E-state index in [1.807, 2.05) is 6.92 Å². The largest absolute Gasteiger partial charge is 0.416 e. The van der Waals surface area contributed by atoms with Crippen molar-refractivity contribution in [2.75, 3.05) is 6.54 Å². The van der Waals surface area contributed by atoms with Gasteiger partial charge in [-0.1, -0.05) is 32.0 Å². The van der Waals surface area contributed by atoms with E-state index >= 15 is 0 Å². The molecule has 0 bridgehead atoms.